The molecule has 0 atom stereocenters. The summed E-state index contributed by atoms with van der Waals surface area (Å²) in [7, 11) is -4.17. The van der Waals surface area contributed by atoms with Crippen LogP contribution in [0.15, 0.2) is 70.7 Å². The summed E-state index contributed by atoms with van der Waals surface area (Å²) in [5.41, 5.74) is 3.11. The minimum absolute atomic E-state index is 0.0229. The van der Waals surface area contributed by atoms with Gasteiger partial charge in [0.15, 0.2) is 0 Å². The van der Waals surface area contributed by atoms with E-state index in [0.29, 0.717) is 0 Å². The van der Waals surface area contributed by atoms with Gasteiger partial charge in [-0.2, -0.15) is 5.10 Å². The molecule has 1 N–H and O–H groups in total. The Morgan fingerprint density at radius 1 is 1.06 bits per heavy atom. The quantitative estimate of drug-likeness (QED) is 0.328. The fraction of sp³-hybridized carbons (Fsp3) is 0.0909. The summed E-state index contributed by atoms with van der Waals surface area (Å²) in [4.78, 5) is 12.5. The van der Waals surface area contributed by atoms with E-state index in [0.717, 1.165) is 16.1 Å². The summed E-state index contributed by atoms with van der Waals surface area (Å²) in [6.45, 7) is 1.17. The van der Waals surface area contributed by atoms with Gasteiger partial charge in [0.2, 0.25) is 0 Å². The molecule has 0 aromatic heterocycles. The second-order valence-electron chi connectivity index (χ2n) is 6.88. The number of amides is 1. The third kappa shape index (κ3) is 6.23. The molecule has 0 fully saturated rings. The largest absolute Gasteiger partial charge is 0.271 e. The highest BCUT2D eigenvalue weighted by Gasteiger charge is 2.27. The van der Waals surface area contributed by atoms with Crippen molar-refractivity contribution in [3.05, 3.63) is 92.7 Å². The molecule has 0 unspecified atom stereocenters. The maximum absolute atomic E-state index is 13.9. The van der Waals surface area contributed by atoms with Crippen molar-refractivity contribution in [3.63, 3.8) is 0 Å². The number of hydrogen-bond acceptors (Lipinski definition) is 4. The van der Waals surface area contributed by atoms with Crippen LogP contribution in [-0.2, 0) is 14.8 Å². The van der Waals surface area contributed by atoms with Crippen molar-refractivity contribution in [3.8, 4) is 0 Å². The van der Waals surface area contributed by atoms with Crippen molar-refractivity contribution in [2.45, 2.75) is 11.8 Å². The average Bonchev–Trinajstić information content (AvgIpc) is 2.73. The third-order valence-corrected chi connectivity index (χ3v) is 6.97. The summed E-state index contributed by atoms with van der Waals surface area (Å²) in [6, 6.07) is 14.4. The van der Waals surface area contributed by atoms with E-state index in [-0.39, 0.29) is 31.2 Å². The molecule has 3 aromatic rings. The lowest BCUT2D eigenvalue weighted by Gasteiger charge is -2.24. The number of halogens is 4. The van der Waals surface area contributed by atoms with Gasteiger partial charge in [0.25, 0.3) is 15.9 Å². The van der Waals surface area contributed by atoms with E-state index < -0.39 is 28.3 Å². The lowest BCUT2D eigenvalue weighted by Crippen LogP contribution is -2.39. The van der Waals surface area contributed by atoms with Crippen molar-refractivity contribution in [1.82, 2.24) is 5.43 Å². The number of rotatable bonds is 7. The molecule has 0 aliphatic rings. The Labute approximate surface area is 205 Å². The lowest BCUT2D eigenvalue weighted by molar-refractivity contribution is -0.119. The van der Waals surface area contributed by atoms with E-state index in [1.807, 2.05) is 6.92 Å². The molecule has 1 amide bonds. The first kappa shape index (κ1) is 25.0. The van der Waals surface area contributed by atoms with Gasteiger partial charge in [-0.25, -0.2) is 18.2 Å². The molecule has 33 heavy (non-hydrogen) atoms. The topological polar surface area (TPSA) is 78.8 Å². The summed E-state index contributed by atoms with van der Waals surface area (Å²) in [6.07, 6.45) is 1.03. The van der Waals surface area contributed by atoms with Gasteiger partial charge in [0.1, 0.15) is 12.4 Å². The molecule has 0 aliphatic heterocycles. The number of hydrazone groups is 1. The second kappa shape index (κ2) is 10.5. The first-order valence-electron chi connectivity index (χ1n) is 9.39. The van der Waals surface area contributed by atoms with Crippen LogP contribution < -0.4 is 9.73 Å². The standard InChI is InChI=1S/C22H17Cl3FN3O3S/c1-14-5-7-18(8-6-14)33(31,32)29(17-10-15(23)9-16(24)11-17)13-22(30)28-27-12-19-20(25)3-2-4-21(19)26/h2-12H,13H2,1H3,(H,28,30)/b27-12-. The Kier molecular flexibility index (Phi) is 7.97. The Morgan fingerprint density at radius 2 is 1.70 bits per heavy atom. The highest BCUT2D eigenvalue weighted by molar-refractivity contribution is 7.92. The zero-order valence-electron chi connectivity index (χ0n) is 17.1. The number of carbonyl (C=O) groups excluding carboxylic acids is 1. The number of aryl methyl sites for hydroxylation is 1. The third-order valence-electron chi connectivity index (χ3n) is 4.41. The van der Waals surface area contributed by atoms with Gasteiger partial charge in [-0.15, -0.1) is 0 Å². The van der Waals surface area contributed by atoms with Crippen molar-refractivity contribution in [2.24, 2.45) is 5.10 Å². The zero-order valence-corrected chi connectivity index (χ0v) is 20.2. The number of anilines is 1. The van der Waals surface area contributed by atoms with E-state index in [2.05, 4.69) is 10.5 Å². The van der Waals surface area contributed by atoms with E-state index in [1.165, 1.54) is 48.5 Å². The van der Waals surface area contributed by atoms with Gasteiger partial charge in [-0.05, 0) is 49.4 Å². The van der Waals surface area contributed by atoms with E-state index in [9.17, 15) is 17.6 Å². The van der Waals surface area contributed by atoms with E-state index in [1.54, 1.807) is 12.1 Å². The number of carbonyl (C=O) groups is 1. The molecular weight excluding hydrogens is 512 g/mol. The molecule has 11 heteroatoms. The Balaban J connectivity index is 1.90. The molecule has 0 spiro atoms. The van der Waals surface area contributed by atoms with Crippen LogP contribution in [0.2, 0.25) is 15.1 Å². The Hall–Kier alpha value is -2.65. The molecule has 3 aromatic carbocycles. The summed E-state index contributed by atoms with van der Waals surface area (Å²) < 4.78 is 41.4. The minimum atomic E-state index is -4.17. The van der Waals surface area contributed by atoms with Gasteiger partial charge in [-0.1, -0.05) is 58.6 Å². The summed E-state index contributed by atoms with van der Waals surface area (Å²) in [5.74, 6) is -1.41. The van der Waals surface area contributed by atoms with Crippen LogP contribution in [0, 0.1) is 12.7 Å². The molecule has 0 saturated carbocycles. The average molecular weight is 529 g/mol. The molecule has 0 aliphatic carbocycles. The van der Waals surface area contributed by atoms with Crippen molar-refractivity contribution in [2.75, 3.05) is 10.8 Å². The monoisotopic (exact) mass is 527 g/mol. The smallest absolute Gasteiger partial charge is 0.264 e. The predicted octanol–water partition coefficient (Wildman–Crippen LogP) is 5.44. The maximum Gasteiger partial charge on any atom is 0.264 e. The Morgan fingerprint density at radius 3 is 2.30 bits per heavy atom. The summed E-state index contributed by atoms with van der Waals surface area (Å²) in [5, 5.41) is 4.17. The zero-order chi connectivity index (χ0) is 24.2. The molecule has 0 saturated heterocycles. The van der Waals surface area contributed by atoms with Crippen LogP contribution in [0.4, 0.5) is 10.1 Å². The van der Waals surface area contributed by atoms with E-state index in [4.69, 9.17) is 34.8 Å². The molecular formula is C22H17Cl3FN3O3S. The van der Waals surface area contributed by atoms with Crippen LogP contribution in [0.3, 0.4) is 0 Å². The van der Waals surface area contributed by atoms with E-state index >= 15 is 0 Å². The lowest BCUT2D eigenvalue weighted by atomic mass is 10.2. The first-order chi connectivity index (χ1) is 15.6. The number of benzene rings is 3. The van der Waals surface area contributed by atoms with Crippen molar-refractivity contribution in [1.29, 1.82) is 0 Å². The fourth-order valence-electron chi connectivity index (χ4n) is 2.80. The van der Waals surface area contributed by atoms with Crippen LogP contribution in [-0.4, -0.2) is 27.1 Å². The van der Waals surface area contributed by atoms with Gasteiger partial charge in [-0.3, -0.25) is 9.10 Å². The highest BCUT2D eigenvalue weighted by atomic mass is 35.5. The van der Waals surface area contributed by atoms with Crippen LogP contribution in [0.5, 0.6) is 0 Å². The minimum Gasteiger partial charge on any atom is -0.271 e. The highest BCUT2D eigenvalue weighted by Crippen LogP contribution is 2.29. The normalized spacial score (nSPS) is 11.5. The molecule has 0 radical (unpaired) electrons. The van der Waals surface area contributed by atoms with Crippen molar-refractivity contribution >= 4 is 62.6 Å². The predicted molar refractivity (Wildman–Crippen MR) is 129 cm³/mol. The van der Waals surface area contributed by atoms with Gasteiger partial charge in [0.05, 0.1) is 21.8 Å². The first-order valence-corrected chi connectivity index (χ1v) is 12.0. The molecule has 3 rings (SSSR count). The van der Waals surface area contributed by atoms with Crippen LogP contribution >= 0.6 is 34.8 Å². The molecule has 6 nitrogen and oxygen atoms in total. The SMILES string of the molecule is Cc1ccc(S(=O)(=O)N(CC(=O)N/N=C\c2c(F)cccc2Cl)c2cc(Cl)cc(Cl)c2)cc1. The maximum atomic E-state index is 13.9. The van der Waals surface area contributed by atoms with Gasteiger partial charge < -0.3 is 0 Å². The van der Waals surface area contributed by atoms with Crippen LogP contribution in [0.25, 0.3) is 0 Å². The number of nitrogens with one attached hydrogen (secondary N) is 1. The Bertz CT molecular complexity index is 1280. The second-order valence-corrected chi connectivity index (χ2v) is 10.0. The van der Waals surface area contributed by atoms with Gasteiger partial charge >= 0.3 is 0 Å². The summed E-state index contributed by atoms with van der Waals surface area (Å²) >= 11 is 18.0. The number of hydrogen-bond donors (Lipinski definition) is 1. The van der Waals surface area contributed by atoms with Gasteiger partial charge in [0, 0.05) is 15.6 Å². The number of nitrogens with zero attached hydrogens (tertiary/aromatic N) is 2. The molecule has 0 bridgehead atoms. The number of sulfonamides is 1. The van der Waals surface area contributed by atoms with Crippen molar-refractivity contribution < 1.29 is 17.6 Å². The van der Waals surface area contributed by atoms with Crippen LogP contribution in [0.1, 0.15) is 11.1 Å². The fourth-order valence-corrected chi connectivity index (χ4v) is 4.94. The molecule has 0 heterocycles. The molecule has 172 valence electrons.